The van der Waals surface area contributed by atoms with E-state index in [-0.39, 0.29) is 56.9 Å². The number of nitrogens with one attached hydrogen (secondary N) is 1. The molecule has 1 aliphatic heterocycles. The number of anilines is 2. The van der Waals surface area contributed by atoms with Crippen LogP contribution in [0.25, 0.3) is 0 Å². The first-order valence-electron chi connectivity index (χ1n) is 8.01. The second-order valence-electron chi connectivity index (χ2n) is 6.09. The van der Waals surface area contributed by atoms with Gasteiger partial charge in [-0.25, -0.2) is 32.7 Å². The molecule has 0 spiro atoms. The summed E-state index contributed by atoms with van der Waals surface area (Å²) in [6, 6.07) is 3.10. The largest absolute Gasteiger partial charge is 0.382 e. The van der Waals surface area contributed by atoms with Crippen molar-refractivity contribution in [2.45, 2.75) is 18.9 Å². The molecule has 3 rings (SSSR count). The Kier molecular flexibility index (Phi) is 9.28. The number of piperidine rings is 1. The van der Waals surface area contributed by atoms with Gasteiger partial charge < -0.3 is 18.5 Å². The molecule has 157 valence electrons. The van der Waals surface area contributed by atoms with Gasteiger partial charge in [-0.2, -0.15) is 0 Å². The first kappa shape index (κ1) is 26.0. The zero-order valence-corrected chi connectivity index (χ0v) is 20.2. The molecular formula is C17H20F2N4O3S2Y-2. The van der Waals surface area contributed by atoms with E-state index in [2.05, 4.69) is 16.6 Å². The van der Waals surface area contributed by atoms with E-state index < -0.39 is 33.0 Å². The molecule has 1 fully saturated rings. The van der Waals surface area contributed by atoms with Crippen molar-refractivity contribution < 1.29 is 54.7 Å². The van der Waals surface area contributed by atoms with Gasteiger partial charge in [0.05, 0.1) is 15.6 Å². The Labute approximate surface area is 198 Å². The maximum Gasteiger partial charge on any atom is 0.212 e. The summed E-state index contributed by atoms with van der Waals surface area (Å²) in [4.78, 5) is 16.5. The van der Waals surface area contributed by atoms with Gasteiger partial charge in [-0.1, -0.05) is 17.4 Å². The fraction of sp³-hybridized carbons (Fsp3) is 0.294. The standard InChI is InChI=1S/C16H17F2N4O3S2.CH3.Y/c1-27(24,25)22-7-5-9(6-8-22)20-16-21-15(19)14(26-16)13(23)12-10(17)3-2-4-11(12)18;;/h2-4,9H,1,5-8,19H2,(H,20,21);1H3;/q2*-1;. The van der Waals surface area contributed by atoms with Crippen molar-refractivity contribution in [3.05, 3.63) is 54.0 Å². The summed E-state index contributed by atoms with van der Waals surface area (Å²) in [5.41, 5.74) is 5.09. The maximum atomic E-state index is 13.8. The van der Waals surface area contributed by atoms with Crippen molar-refractivity contribution in [3.8, 4) is 0 Å². The summed E-state index contributed by atoms with van der Waals surface area (Å²) in [6.45, 7) is 0.632. The van der Waals surface area contributed by atoms with Crippen molar-refractivity contribution in [1.29, 1.82) is 0 Å². The second kappa shape index (κ2) is 10.3. The Balaban J connectivity index is 0.00000210. The van der Waals surface area contributed by atoms with Gasteiger partial charge in [-0.3, -0.25) is 4.79 Å². The molecule has 0 atom stereocenters. The normalized spacial score (nSPS) is 15.3. The molecule has 0 amide bonds. The van der Waals surface area contributed by atoms with Crippen molar-refractivity contribution in [3.63, 3.8) is 0 Å². The fourth-order valence-electron chi connectivity index (χ4n) is 2.84. The molecule has 1 radical (unpaired) electrons. The van der Waals surface area contributed by atoms with Crippen LogP contribution in [-0.4, -0.2) is 42.6 Å². The first-order valence-corrected chi connectivity index (χ1v) is 10.4. The summed E-state index contributed by atoms with van der Waals surface area (Å²) in [5, 5.41) is 3.43. The summed E-state index contributed by atoms with van der Waals surface area (Å²) in [7, 11) is -3.47. The van der Waals surface area contributed by atoms with Crippen LogP contribution in [0.3, 0.4) is 0 Å². The van der Waals surface area contributed by atoms with Gasteiger partial charge in [0.2, 0.25) is 5.78 Å². The fourth-order valence-corrected chi connectivity index (χ4v) is 4.51. The average molecular weight is 519 g/mol. The third kappa shape index (κ3) is 6.00. The molecule has 0 aliphatic carbocycles. The number of ketones is 1. The molecule has 2 aromatic rings. The number of sulfonamides is 1. The van der Waals surface area contributed by atoms with Gasteiger partial charge in [0.15, 0.2) is 5.13 Å². The number of nitrogens with two attached hydrogens (primary N) is 1. The Morgan fingerprint density at radius 1 is 1.28 bits per heavy atom. The average Bonchev–Trinajstić information content (AvgIpc) is 2.94. The molecule has 1 aromatic heterocycles. The van der Waals surface area contributed by atoms with Crippen molar-refractivity contribution in [2.75, 3.05) is 24.1 Å². The van der Waals surface area contributed by atoms with Crippen LogP contribution in [0, 0.1) is 25.3 Å². The summed E-state index contributed by atoms with van der Waals surface area (Å²) in [6.07, 6.45) is 4.19. The van der Waals surface area contributed by atoms with E-state index in [4.69, 9.17) is 5.73 Å². The molecule has 12 heteroatoms. The van der Waals surface area contributed by atoms with Crippen LogP contribution < -0.4 is 11.1 Å². The number of nitrogens with zero attached hydrogens (tertiary/aromatic N) is 2. The van der Waals surface area contributed by atoms with Crippen LogP contribution in [0.5, 0.6) is 0 Å². The van der Waals surface area contributed by atoms with Gasteiger partial charge in [-0.15, -0.1) is 0 Å². The summed E-state index contributed by atoms with van der Waals surface area (Å²) < 4.78 is 51.8. The van der Waals surface area contributed by atoms with Crippen molar-refractivity contribution >= 4 is 38.1 Å². The van der Waals surface area contributed by atoms with Gasteiger partial charge in [-0.05, 0) is 25.0 Å². The minimum Gasteiger partial charge on any atom is -0.382 e. The summed E-state index contributed by atoms with van der Waals surface area (Å²) in [5.74, 6) is -2.92. The second-order valence-corrected chi connectivity index (χ2v) is 8.77. The molecule has 1 aromatic carbocycles. The molecule has 29 heavy (non-hydrogen) atoms. The van der Waals surface area contributed by atoms with Gasteiger partial charge >= 0.3 is 0 Å². The van der Waals surface area contributed by atoms with Crippen LogP contribution >= 0.6 is 11.3 Å². The van der Waals surface area contributed by atoms with E-state index in [0.29, 0.717) is 31.1 Å². The van der Waals surface area contributed by atoms with E-state index in [1.165, 1.54) is 10.4 Å². The van der Waals surface area contributed by atoms with E-state index in [1.54, 1.807) is 0 Å². The molecule has 2 heterocycles. The molecule has 1 saturated heterocycles. The van der Waals surface area contributed by atoms with E-state index in [1.807, 2.05) is 0 Å². The number of halogens is 2. The van der Waals surface area contributed by atoms with Gasteiger partial charge in [0.1, 0.15) is 22.3 Å². The molecule has 0 bridgehead atoms. The molecule has 0 saturated carbocycles. The van der Waals surface area contributed by atoms with Crippen LogP contribution in [0.4, 0.5) is 19.7 Å². The molecule has 1 aliphatic rings. The van der Waals surface area contributed by atoms with Crippen LogP contribution in [-0.2, 0) is 42.7 Å². The number of aromatic nitrogens is 1. The third-order valence-electron chi connectivity index (χ3n) is 4.22. The van der Waals surface area contributed by atoms with Crippen LogP contribution in [0.2, 0.25) is 0 Å². The van der Waals surface area contributed by atoms with Crippen molar-refractivity contribution in [1.82, 2.24) is 9.29 Å². The number of rotatable bonds is 5. The molecule has 3 N–H and O–H groups in total. The smallest absolute Gasteiger partial charge is 0.212 e. The van der Waals surface area contributed by atoms with Gasteiger partial charge in [0.25, 0.3) is 0 Å². The van der Waals surface area contributed by atoms with E-state index in [0.717, 1.165) is 23.5 Å². The molecular weight excluding hydrogens is 499 g/mol. The Hall–Kier alpha value is -1.01. The number of nitrogen functional groups attached to an aromatic ring is 1. The SMILES string of the molecule is [CH2-]S(=O)(=O)N1CCC(Nc2nc(N)c(C(=O)c3c(F)cccc3F)s2)CC1.[CH3-].[Y]. The topological polar surface area (TPSA) is 105 Å². The zero-order chi connectivity index (χ0) is 19.8. The number of carbonyl (C=O) groups excluding carboxylic acids is 1. The predicted molar refractivity (Wildman–Crippen MR) is 105 cm³/mol. The Morgan fingerprint density at radius 2 is 1.83 bits per heavy atom. The quantitative estimate of drug-likeness (QED) is 0.465. The summed E-state index contributed by atoms with van der Waals surface area (Å²) >= 11 is 0.906. The minimum absolute atomic E-state index is 0. The number of thiazole rings is 1. The Bertz CT molecular complexity index is 957. The van der Waals surface area contributed by atoms with Crippen LogP contribution in [0.1, 0.15) is 28.1 Å². The number of hydrogen-bond donors (Lipinski definition) is 2. The van der Waals surface area contributed by atoms with Crippen LogP contribution in [0.15, 0.2) is 18.2 Å². The zero-order valence-electron chi connectivity index (χ0n) is 15.7. The number of benzene rings is 1. The molecule has 7 nitrogen and oxygen atoms in total. The molecule has 0 unspecified atom stereocenters. The Morgan fingerprint density at radius 3 is 2.34 bits per heavy atom. The first-order chi connectivity index (χ1) is 12.7. The van der Waals surface area contributed by atoms with Gasteiger partial charge in [0, 0.05) is 51.8 Å². The predicted octanol–water partition coefficient (Wildman–Crippen LogP) is 2.68. The maximum absolute atomic E-state index is 13.8. The van der Waals surface area contributed by atoms with Crippen molar-refractivity contribution in [2.24, 2.45) is 0 Å². The van der Waals surface area contributed by atoms with E-state index in [9.17, 15) is 22.0 Å². The number of carbonyl (C=O) groups is 1. The minimum atomic E-state index is -3.47. The monoisotopic (exact) mass is 519 g/mol. The third-order valence-corrected chi connectivity index (χ3v) is 6.38. The van der Waals surface area contributed by atoms with E-state index >= 15 is 0 Å². The number of hydrogen-bond acceptors (Lipinski definition) is 7.